The van der Waals surface area contributed by atoms with Gasteiger partial charge in [-0.05, 0) is 51.0 Å². The summed E-state index contributed by atoms with van der Waals surface area (Å²) < 4.78 is 13.3. The van der Waals surface area contributed by atoms with E-state index in [-0.39, 0.29) is 23.8 Å². The maximum atomic E-state index is 13.4. The van der Waals surface area contributed by atoms with Crippen LogP contribution in [0.2, 0.25) is 0 Å². The highest BCUT2D eigenvalue weighted by atomic mass is 32.1. The average molecular weight is 522 g/mol. The van der Waals surface area contributed by atoms with Gasteiger partial charge in [0.1, 0.15) is 17.5 Å². The quantitative estimate of drug-likeness (QED) is 0.393. The number of rotatable bonds is 5. The van der Waals surface area contributed by atoms with Crippen molar-refractivity contribution in [3.05, 3.63) is 64.1 Å². The molecule has 8 nitrogen and oxygen atoms in total. The van der Waals surface area contributed by atoms with E-state index < -0.39 is 0 Å². The molecule has 0 saturated carbocycles. The molecule has 2 saturated heterocycles. The van der Waals surface area contributed by atoms with Crippen molar-refractivity contribution < 1.29 is 9.18 Å². The fraction of sp³-hybridized carbons (Fsp3) is 0.320. The third-order valence-electron chi connectivity index (χ3n) is 6.64. The first-order valence-corrected chi connectivity index (χ1v) is 13.5. The largest absolute Gasteiger partial charge is 0.352 e. The van der Waals surface area contributed by atoms with Crippen LogP contribution in [-0.2, 0) is 0 Å². The fourth-order valence-electron chi connectivity index (χ4n) is 5.03. The topological polar surface area (TPSA) is 87.1 Å². The number of carbonyl (C=O) groups is 1. The molecule has 4 aromatic rings. The molecule has 2 bridgehead atoms. The van der Waals surface area contributed by atoms with E-state index >= 15 is 0 Å². The number of fused-ring (bicyclic) bond motifs is 2. The number of hydrogen-bond acceptors (Lipinski definition) is 9. The summed E-state index contributed by atoms with van der Waals surface area (Å²) in [5, 5.41) is 7.01. The predicted molar refractivity (Wildman–Crippen MR) is 140 cm³/mol. The number of pyridine rings is 2. The molecule has 1 amide bonds. The van der Waals surface area contributed by atoms with Gasteiger partial charge in [0.15, 0.2) is 5.13 Å². The number of carbonyl (C=O) groups excluding carboxylic acids is 1. The van der Waals surface area contributed by atoms with Crippen molar-refractivity contribution in [2.24, 2.45) is 0 Å². The summed E-state index contributed by atoms with van der Waals surface area (Å²) in [6.45, 7) is 5.38. The van der Waals surface area contributed by atoms with Gasteiger partial charge in [0, 0.05) is 24.7 Å². The minimum absolute atomic E-state index is 0.000778. The van der Waals surface area contributed by atoms with E-state index in [2.05, 4.69) is 30.2 Å². The van der Waals surface area contributed by atoms with Crippen molar-refractivity contribution >= 4 is 45.3 Å². The van der Waals surface area contributed by atoms with E-state index in [9.17, 15) is 9.18 Å². The normalized spacial score (nSPS) is 19.1. The average Bonchev–Trinajstić information content (AvgIpc) is 3.54. The third kappa shape index (κ3) is 4.33. The predicted octanol–water partition coefficient (Wildman–Crippen LogP) is 5.05. The Morgan fingerprint density at radius 2 is 1.86 bits per heavy atom. The second-order valence-electron chi connectivity index (χ2n) is 9.08. The monoisotopic (exact) mass is 521 g/mol. The molecule has 6 heterocycles. The van der Waals surface area contributed by atoms with Crippen LogP contribution in [-0.4, -0.2) is 55.9 Å². The molecule has 36 heavy (non-hydrogen) atoms. The molecule has 6 rings (SSSR count). The highest BCUT2D eigenvalue weighted by Crippen LogP contribution is 2.34. The van der Waals surface area contributed by atoms with Gasteiger partial charge in [-0.2, -0.15) is 0 Å². The van der Waals surface area contributed by atoms with E-state index in [4.69, 9.17) is 0 Å². The van der Waals surface area contributed by atoms with Gasteiger partial charge in [-0.25, -0.2) is 24.3 Å². The lowest BCUT2D eigenvalue weighted by Gasteiger charge is -2.41. The Kier molecular flexibility index (Phi) is 5.88. The standard InChI is InChI=1S/C25H24FN7OS2/c1-14-23(36-15(2)29-14)20-13-35-25(30-20)31-21-7-3-16(9-27-21)24(34)33-18-5-6-19(33)12-32(11-18)22-8-4-17(26)10-28-22/h3-4,7-10,13,18-19H,5-6,11-12H2,1-2H3,(H,27,30,31)/t18-,19+. The molecule has 0 radical (unpaired) electrons. The maximum absolute atomic E-state index is 13.4. The third-order valence-corrected chi connectivity index (χ3v) is 8.49. The molecule has 11 heteroatoms. The summed E-state index contributed by atoms with van der Waals surface area (Å²) in [5.41, 5.74) is 2.46. The summed E-state index contributed by atoms with van der Waals surface area (Å²) in [7, 11) is 0. The number of anilines is 3. The number of nitrogens with zero attached hydrogens (tertiary/aromatic N) is 6. The number of nitrogens with one attached hydrogen (secondary N) is 1. The Labute approximate surface area is 215 Å². The van der Waals surface area contributed by atoms with Gasteiger partial charge in [-0.15, -0.1) is 22.7 Å². The number of piperazine rings is 1. The molecule has 2 aliphatic rings. The first-order chi connectivity index (χ1) is 17.4. The molecule has 0 aliphatic carbocycles. The van der Waals surface area contributed by atoms with Crippen LogP contribution in [0.25, 0.3) is 10.6 Å². The van der Waals surface area contributed by atoms with E-state index in [0.29, 0.717) is 24.5 Å². The second-order valence-corrected chi connectivity index (χ2v) is 11.1. The summed E-state index contributed by atoms with van der Waals surface area (Å²) >= 11 is 3.15. The van der Waals surface area contributed by atoms with Gasteiger partial charge in [0.05, 0.1) is 45.1 Å². The van der Waals surface area contributed by atoms with Crippen molar-refractivity contribution in [2.75, 3.05) is 23.3 Å². The molecule has 2 fully saturated rings. The first-order valence-electron chi connectivity index (χ1n) is 11.8. The number of amides is 1. The van der Waals surface area contributed by atoms with Gasteiger partial charge in [0.2, 0.25) is 0 Å². The summed E-state index contributed by atoms with van der Waals surface area (Å²) in [6, 6.07) is 6.97. The zero-order valence-corrected chi connectivity index (χ0v) is 21.4. The minimum Gasteiger partial charge on any atom is -0.352 e. The molecule has 0 unspecified atom stereocenters. The second kappa shape index (κ2) is 9.21. The van der Waals surface area contributed by atoms with E-state index in [1.165, 1.54) is 23.6 Å². The van der Waals surface area contributed by atoms with E-state index in [1.54, 1.807) is 23.6 Å². The van der Waals surface area contributed by atoms with E-state index in [1.807, 2.05) is 36.3 Å². The zero-order valence-electron chi connectivity index (χ0n) is 19.8. The van der Waals surface area contributed by atoms with Gasteiger partial charge >= 0.3 is 0 Å². The number of hydrogen-bond donors (Lipinski definition) is 1. The molecular formula is C25H24FN7OS2. The lowest BCUT2D eigenvalue weighted by Crippen LogP contribution is -2.56. The molecule has 2 atom stereocenters. The number of halogens is 1. The summed E-state index contributed by atoms with van der Waals surface area (Å²) in [6.07, 6.45) is 4.77. The number of aromatic nitrogens is 4. The van der Waals surface area contributed by atoms with Gasteiger partial charge in [0.25, 0.3) is 5.91 Å². The highest BCUT2D eigenvalue weighted by molar-refractivity contribution is 7.16. The zero-order chi connectivity index (χ0) is 24.8. The highest BCUT2D eigenvalue weighted by Gasteiger charge is 2.43. The SMILES string of the molecule is Cc1nc(C)c(-c2csc(Nc3ccc(C(=O)N4[C@@H]5CC[C@H]4CN(c4ccc(F)cn4)C5)cn3)n2)s1. The molecule has 4 aromatic heterocycles. The maximum Gasteiger partial charge on any atom is 0.256 e. The Bertz CT molecular complexity index is 1390. The van der Waals surface area contributed by atoms with Crippen LogP contribution in [0.15, 0.2) is 42.0 Å². The van der Waals surface area contributed by atoms with Crippen LogP contribution in [0.3, 0.4) is 0 Å². The molecule has 184 valence electrons. The molecule has 2 aliphatic heterocycles. The van der Waals surface area contributed by atoms with Crippen molar-refractivity contribution in [1.29, 1.82) is 0 Å². The van der Waals surface area contributed by atoms with Crippen LogP contribution in [0.4, 0.5) is 21.2 Å². The fourth-order valence-corrected chi connectivity index (χ4v) is 6.70. The smallest absolute Gasteiger partial charge is 0.256 e. The molecule has 1 N–H and O–H groups in total. The number of thiazole rings is 2. The van der Waals surface area contributed by atoms with Crippen LogP contribution in [0, 0.1) is 19.7 Å². The Morgan fingerprint density at radius 3 is 2.50 bits per heavy atom. The summed E-state index contributed by atoms with van der Waals surface area (Å²) in [5.74, 6) is 1.05. The van der Waals surface area contributed by atoms with Crippen molar-refractivity contribution in [1.82, 2.24) is 24.8 Å². The van der Waals surface area contributed by atoms with Crippen molar-refractivity contribution in [3.8, 4) is 10.6 Å². The lowest BCUT2D eigenvalue weighted by atomic mass is 10.1. The van der Waals surface area contributed by atoms with Gasteiger partial charge < -0.3 is 15.1 Å². The van der Waals surface area contributed by atoms with Crippen molar-refractivity contribution in [3.63, 3.8) is 0 Å². The van der Waals surface area contributed by atoms with E-state index in [0.717, 1.165) is 45.1 Å². The minimum atomic E-state index is -0.346. The van der Waals surface area contributed by atoms with Crippen LogP contribution in [0.5, 0.6) is 0 Å². The number of aryl methyl sites for hydroxylation is 2. The first kappa shape index (κ1) is 23.0. The van der Waals surface area contributed by atoms with Crippen LogP contribution >= 0.6 is 22.7 Å². The Hall–Kier alpha value is -3.44. The molecule has 0 spiro atoms. The van der Waals surface area contributed by atoms with Gasteiger partial charge in [-0.3, -0.25) is 4.79 Å². The van der Waals surface area contributed by atoms with Crippen molar-refractivity contribution in [2.45, 2.75) is 38.8 Å². The molecule has 0 aromatic carbocycles. The van der Waals surface area contributed by atoms with Crippen LogP contribution in [0.1, 0.15) is 33.9 Å². The lowest BCUT2D eigenvalue weighted by molar-refractivity contribution is 0.0640. The molecular weight excluding hydrogens is 497 g/mol. The Balaban J connectivity index is 1.12. The van der Waals surface area contributed by atoms with Crippen LogP contribution < -0.4 is 10.2 Å². The van der Waals surface area contributed by atoms with Gasteiger partial charge in [-0.1, -0.05) is 0 Å². The Morgan fingerprint density at radius 1 is 1.06 bits per heavy atom. The summed E-state index contributed by atoms with van der Waals surface area (Å²) in [4.78, 5) is 36.5.